The van der Waals surface area contributed by atoms with Gasteiger partial charge < -0.3 is 19.5 Å². The van der Waals surface area contributed by atoms with E-state index < -0.39 is 22.7 Å². The number of methoxy groups -OCH3 is 1. The van der Waals surface area contributed by atoms with Crippen LogP contribution in [-0.2, 0) is 20.9 Å². The van der Waals surface area contributed by atoms with Crippen molar-refractivity contribution < 1.29 is 28.7 Å². The zero-order chi connectivity index (χ0) is 25.8. The average molecular weight is 493 g/mol. The molecule has 1 aliphatic heterocycles. The Morgan fingerprint density at radius 2 is 1.92 bits per heavy atom. The molecule has 2 aromatic rings. The Balaban J connectivity index is 1.66. The van der Waals surface area contributed by atoms with E-state index in [1.54, 1.807) is 31.2 Å². The number of nitrogens with zero attached hydrogens (tertiary/aromatic N) is 1. The van der Waals surface area contributed by atoms with Crippen LogP contribution in [0.3, 0.4) is 0 Å². The number of carbonyl (C=O) groups is 2. The molecule has 0 saturated carbocycles. The lowest BCUT2D eigenvalue weighted by Gasteiger charge is -2.38. The molecule has 1 heterocycles. The van der Waals surface area contributed by atoms with Gasteiger partial charge in [0.15, 0.2) is 17.3 Å². The van der Waals surface area contributed by atoms with Crippen molar-refractivity contribution in [3.05, 3.63) is 87.3 Å². The van der Waals surface area contributed by atoms with E-state index in [1.807, 2.05) is 6.07 Å². The maximum Gasteiger partial charge on any atom is 0.315 e. The third kappa shape index (κ3) is 4.95. The highest BCUT2D eigenvalue weighted by atomic mass is 16.6. The quantitative estimate of drug-likeness (QED) is 0.324. The van der Waals surface area contributed by atoms with E-state index in [4.69, 9.17) is 14.2 Å². The molecule has 2 unspecified atom stereocenters. The highest BCUT2D eigenvalue weighted by Crippen LogP contribution is 2.46. The molecule has 4 rings (SSSR count). The maximum atomic E-state index is 13.0. The summed E-state index contributed by atoms with van der Waals surface area (Å²) in [5.41, 5.74) is 3.38. The van der Waals surface area contributed by atoms with E-state index in [0.29, 0.717) is 35.6 Å². The lowest BCUT2D eigenvalue weighted by Crippen LogP contribution is -2.41. The number of hydrogen-bond acceptors (Lipinski definition) is 8. The molecule has 0 radical (unpaired) electrons. The van der Waals surface area contributed by atoms with Gasteiger partial charge in [-0.15, -0.1) is 0 Å². The summed E-state index contributed by atoms with van der Waals surface area (Å²) in [7, 11) is 1.51. The fourth-order valence-electron chi connectivity index (χ4n) is 4.74. The second-order valence-corrected chi connectivity index (χ2v) is 8.65. The van der Waals surface area contributed by atoms with Crippen LogP contribution in [0.2, 0.25) is 0 Å². The van der Waals surface area contributed by atoms with Crippen LogP contribution in [0.1, 0.15) is 43.2 Å². The Bertz CT molecular complexity index is 1230. The van der Waals surface area contributed by atoms with Crippen LogP contribution in [0.15, 0.2) is 66.0 Å². The fourth-order valence-corrected chi connectivity index (χ4v) is 4.74. The van der Waals surface area contributed by atoms with E-state index >= 15 is 0 Å². The van der Waals surface area contributed by atoms with Gasteiger partial charge in [-0.1, -0.05) is 12.6 Å². The first-order valence-electron chi connectivity index (χ1n) is 11.8. The fraction of sp³-hybridized carbons (Fsp3) is 0.333. The Kier molecular flexibility index (Phi) is 7.38. The number of benzene rings is 2. The first-order valence-corrected chi connectivity index (χ1v) is 11.8. The largest absolute Gasteiger partial charge is 0.493 e. The van der Waals surface area contributed by atoms with Crippen molar-refractivity contribution in [2.75, 3.05) is 13.7 Å². The van der Waals surface area contributed by atoms with Crippen molar-refractivity contribution in [1.82, 2.24) is 5.32 Å². The predicted octanol–water partition coefficient (Wildman–Crippen LogP) is 4.57. The molecule has 0 fully saturated rings. The first kappa shape index (κ1) is 25.0. The number of nitrogens with one attached hydrogen (secondary N) is 1. The number of rotatable bonds is 8. The Labute approximate surface area is 208 Å². The van der Waals surface area contributed by atoms with Crippen molar-refractivity contribution in [2.24, 2.45) is 5.92 Å². The highest BCUT2D eigenvalue weighted by Gasteiger charge is 2.44. The van der Waals surface area contributed by atoms with Crippen LogP contribution >= 0.6 is 0 Å². The molecule has 0 saturated heterocycles. The number of allylic oxidation sites excluding steroid dienone is 2. The summed E-state index contributed by atoms with van der Waals surface area (Å²) < 4.78 is 16.8. The molecule has 0 amide bonds. The molecule has 188 valence electrons. The number of non-ortho nitro benzene ring substituents is 1. The number of ether oxygens (including phenoxy) is 3. The Morgan fingerprint density at radius 1 is 1.17 bits per heavy atom. The van der Waals surface area contributed by atoms with E-state index in [0.717, 1.165) is 23.2 Å². The monoisotopic (exact) mass is 492 g/mol. The second-order valence-electron chi connectivity index (χ2n) is 8.65. The summed E-state index contributed by atoms with van der Waals surface area (Å²) in [6, 6.07) is 11.4. The normalized spacial score (nSPS) is 19.3. The summed E-state index contributed by atoms with van der Waals surface area (Å²) in [6.45, 7) is 6.21. The predicted molar refractivity (Wildman–Crippen MR) is 131 cm³/mol. The van der Waals surface area contributed by atoms with Crippen LogP contribution in [0, 0.1) is 16.0 Å². The zero-order valence-corrected chi connectivity index (χ0v) is 20.2. The molecule has 2 aliphatic rings. The number of Topliss-reactive ketones (excluding diaryl/α,β-unsaturated/α-hetero) is 1. The summed E-state index contributed by atoms with van der Waals surface area (Å²) >= 11 is 0. The number of nitro benzene ring substituents is 1. The van der Waals surface area contributed by atoms with Crippen LogP contribution in [0.25, 0.3) is 0 Å². The second kappa shape index (κ2) is 10.6. The third-order valence-electron chi connectivity index (χ3n) is 6.42. The number of hydrogen-bond donors (Lipinski definition) is 1. The van der Waals surface area contributed by atoms with E-state index in [-0.39, 0.29) is 24.7 Å². The van der Waals surface area contributed by atoms with Crippen molar-refractivity contribution in [3.63, 3.8) is 0 Å². The van der Waals surface area contributed by atoms with Crippen molar-refractivity contribution in [3.8, 4) is 11.5 Å². The summed E-state index contributed by atoms with van der Waals surface area (Å²) in [5.74, 6) is -0.855. The standard InChI is InChI=1S/C27H28N2O7/c1-4-35-27(31)24-16(2)28-20-6-5-7-21(30)26(20)25(24)18-10-13-22(23(14-18)34-3)36-15-17-8-11-19(12-9-17)29(32)33/h8-14,24-25,28H,2,4-7,15H2,1,3H3. The Morgan fingerprint density at radius 3 is 2.58 bits per heavy atom. The van der Waals surface area contributed by atoms with Crippen LogP contribution in [-0.4, -0.2) is 30.4 Å². The van der Waals surface area contributed by atoms with Gasteiger partial charge in [-0.05, 0) is 55.2 Å². The molecule has 1 N–H and O–H groups in total. The Hall–Kier alpha value is -4.14. The molecule has 0 aromatic heterocycles. The van der Waals surface area contributed by atoms with Gasteiger partial charge in [-0.25, -0.2) is 0 Å². The van der Waals surface area contributed by atoms with E-state index in [1.165, 1.54) is 19.2 Å². The number of carbonyl (C=O) groups excluding carboxylic acids is 2. The van der Waals surface area contributed by atoms with Crippen LogP contribution in [0.5, 0.6) is 11.5 Å². The van der Waals surface area contributed by atoms with Gasteiger partial charge in [0.25, 0.3) is 5.69 Å². The molecule has 1 aliphatic carbocycles. The van der Waals surface area contributed by atoms with Gasteiger partial charge >= 0.3 is 5.97 Å². The zero-order valence-electron chi connectivity index (χ0n) is 20.2. The minimum Gasteiger partial charge on any atom is -0.493 e. The van der Waals surface area contributed by atoms with Crippen molar-refractivity contribution in [1.29, 1.82) is 0 Å². The molecule has 0 bridgehead atoms. The van der Waals surface area contributed by atoms with Gasteiger partial charge in [0.1, 0.15) is 12.5 Å². The lowest BCUT2D eigenvalue weighted by atomic mass is 9.71. The SMILES string of the molecule is C=C1NC2=C(C(=O)CCC2)C(c2ccc(OCc3ccc([N+](=O)[O-])cc3)c(OC)c2)C1C(=O)OCC. The van der Waals surface area contributed by atoms with Gasteiger partial charge in [0.05, 0.1) is 18.6 Å². The highest BCUT2D eigenvalue weighted by molar-refractivity contribution is 6.00. The van der Waals surface area contributed by atoms with Gasteiger partial charge in [0, 0.05) is 41.4 Å². The molecule has 0 spiro atoms. The summed E-state index contributed by atoms with van der Waals surface area (Å²) in [6.07, 6.45) is 1.87. The summed E-state index contributed by atoms with van der Waals surface area (Å²) in [4.78, 5) is 36.4. The molecule has 9 heteroatoms. The molecule has 2 atom stereocenters. The molecular formula is C27H28N2O7. The first-order chi connectivity index (χ1) is 17.3. The van der Waals surface area contributed by atoms with Gasteiger partial charge in [0.2, 0.25) is 0 Å². The minimum atomic E-state index is -0.762. The molecule has 2 aromatic carbocycles. The number of nitro groups is 1. The molecule has 36 heavy (non-hydrogen) atoms. The molecule has 9 nitrogen and oxygen atoms in total. The van der Waals surface area contributed by atoms with E-state index in [9.17, 15) is 19.7 Å². The van der Waals surface area contributed by atoms with E-state index in [2.05, 4.69) is 11.9 Å². The van der Waals surface area contributed by atoms with Crippen LogP contribution < -0.4 is 14.8 Å². The molecular weight excluding hydrogens is 464 g/mol. The van der Waals surface area contributed by atoms with Crippen molar-refractivity contribution in [2.45, 2.75) is 38.7 Å². The van der Waals surface area contributed by atoms with Crippen molar-refractivity contribution >= 4 is 17.4 Å². The minimum absolute atomic E-state index is 0.00586. The number of ketones is 1. The van der Waals surface area contributed by atoms with Crippen LogP contribution in [0.4, 0.5) is 5.69 Å². The topological polar surface area (TPSA) is 117 Å². The third-order valence-corrected chi connectivity index (χ3v) is 6.42. The smallest absolute Gasteiger partial charge is 0.315 e. The maximum absolute atomic E-state index is 13.0. The van der Waals surface area contributed by atoms with Gasteiger partial charge in [-0.2, -0.15) is 0 Å². The van der Waals surface area contributed by atoms with Gasteiger partial charge in [-0.3, -0.25) is 19.7 Å². The number of esters is 1. The summed E-state index contributed by atoms with van der Waals surface area (Å²) in [5, 5.41) is 14.1. The lowest BCUT2D eigenvalue weighted by molar-refractivity contribution is -0.384. The average Bonchev–Trinajstić information content (AvgIpc) is 2.87.